The predicted molar refractivity (Wildman–Crippen MR) is 58.4 cm³/mol. The average molecular weight is 211 g/mol. The van der Waals surface area contributed by atoms with Gasteiger partial charge in [0.15, 0.2) is 0 Å². The number of hydrogen-bond donors (Lipinski definition) is 2. The van der Waals surface area contributed by atoms with Gasteiger partial charge in [0.05, 0.1) is 0 Å². The Hall–Kier alpha value is -0.570. The molecule has 0 aromatic heterocycles. The fraction of sp³-hybridized carbons (Fsp3) is 0.917. The van der Waals surface area contributed by atoms with Gasteiger partial charge < -0.3 is 10.8 Å². The van der Waals surface area contributed by atoms with Crippen LogP contribution in [0.15, 0.2) is 0 Å². The van der Waals surface area contributed by atoms with Crippen molar-refractivity contribution in [3.05, 3.63) is 0 Å². The summed E-state index contributed by atoms with van der Waals surface area (Å²) in [5, 5.41) is 8.80. The number of hydrogen-bond acceptors (Lipinski definition) is 2. The standard InChI is InChI=1S/C12H21NO2/c1-11(6-4-10(14)15)8-3-5-12(11,2)9(13)7-8/h8-9H,3-7,13H2,1-2H3,(H,14,15). The van der Waals surface area contributed by atoms with Crippen LogP contribution in [0, 0.1) is 16.7 Å². The van der Waals surface area contributed by atoms with Gasteiger partial charge in [-0.2, -0.15) is 0 Å². The first-order chi connectivity index (χ1) is 6.90. The highest BCUT2D eigenvalue weighted by Crippen LogP contribution is 2.66. The highest BCUT2D eigenvalue weighted by atomic mass is 16.4. The van der Waals surface area contributed by atoms with Gasteiger partial charge in [0.1, 0.15) is 0 Å². The number of aliphatic carboxylic acids is 1. The van der Waals surface area contributed by atoms with E-state index in [0.717, 1.165) is 12.8 Å². The highest BCUT2D eigenvalue weighted by molar-refractivity contribution is 5.66. The van der Waals surface area contributed by atoms with Crippen LogP contribution in [0.5, 0.6) is 0 Å². The molecule has 4 unspecified atom stereocenters. The van der Waals surface area contributed by atoms with E-state index in [1.807, 2.05) is 0 Å². The largest absolute Gasteiger partial charge is 0.481 e. The van der Waals surface area contributed by atoms with Crippen molar-refractivity contribution >= 4 is 5.97 Å². The predicted octanol–water partition coefficient (Wildman–Crippen LogP) is 2.00. The Morgan fingerprint density at radius 1 is 1.53 bits per heavy atom. The monoisotopic (exact) mass is 211 g/mol. The van der Waals surface area contributed by atoms with Crippen LogP contribution in [0.1, 0.15) is 46.0 Å². The minimum absolute atomic E-state index is 0.158. The molecule has 0 radical (unpaired) electrons. The van der Waals surface area contributed by atoms with E-state index in [9.17, 15) is 4.79 Å². The summed E-state index contributed by atoms with van der Waals surface area (Å²) in [5.41, 5.74) is 6.52. The molecule has 2 saturated carbocycles. The van der Waals surface area contributed by atoms with E-state index in [4.69, 9.17) is 10.8 Å². The van der Waals surface area contributed by atoms with Gasteiger partial charge in [-0.1, -0.05) is 13.8 Å². The Morgan fingerprint density at radius 2 is 2.20 bits per heavy atom. The molecule has 2 rings (SSSR count). The van der Waals surface area contributed by atoms with Crippen LogP contribution in [-0.2, 0) is 4.79 Å². The lowest BCUT2D eigenvalue weighted by Gasteiger charge is -2.40. The normalized spacial score (nSPS) is 48.5. The van der Waals surface area contributed by atoms with Crippen molar-refractivity contribution in [2.45, 2.75) is 52.0 Å². The van der Waals surface area contributed by atoms with E-state index in [-0.39, 0.29) is 23.3 Å². The molecule has 0 spiro atoms. The minimum atomic E-state index is -0.681. The van der Waals surface area contributed by atoms with Gasteiger partial charge in [0.2, 0.25) is 0 Å². The van der Waals surface area contributed by atoms with Crippen molar-refractivity contribution in [2.24, 2.45) is 22.5 Å². The summed E-state index contributed by atoms with van der Waals surface area (Å²) in [6, 6.07) is 0.273. The number of carbonyl (C=O) groups is 1. The molecule has 2 aliphatic rings. The lowest BCUT2D eigenvalue weighted by molar-refractivity contribution is -0.138. The van der Waals surface area contributed by atoms with Crippen LogP contribution in [0.3, 0.4) is 0 Å². The number of carboxylic acid groups (broad SMARTS) is 1. The zero-order valence-electron chi connectivity index (χ0n) is 9.62. The number of rotatable bonds is 3. The number of nitrogens with two attached hydrogens (primary N) is 1. The topological polar surface area (TPSA) is 63.3 Å². The molecule has 86 valence electrons. The van der Waals surface area contributed by atoms with E-state index in [2.05, 4.69) is 13.8 Å². The molecule has 2 bridgehead atoms. The van der Waals surface area contributed by atoms with Crippen LogP contribution in [0.2, 0.25) is 0 Å². The van der Waals surface area contributed by atoms with Crippen LogP contribution in [0.25, 0.3) is 0 Å². The van der Waals surface area contributed by atoms with Crippen molar-refractivity contribution in [1.29, 1.82) is 0 Å². The van der Waals surface area contributed by atoms with Gasteiger partial charge in [-0.25, -0.2) is 0 Å². The van der Waals surface area contributed by atoms with E-state index >= 15 is 0 Å². The van der Waals surface area contributed by atoms with Crippen molar-refractivity contribution in [2.75, 3.05) is 0 Å². The Morgan fingerprint density at radius 3 is 2.60 bits per heavy atom. The summed E-state index contributed by atoms with van der Waals surface area (Å²) in [6.07, 6.45) is 4.58. The third kappa shape index (κ3) is 1.32. The zero-order chi connectivity index (χ0) is 11.3. The molecule has 2 fully saturated rings. The average Bonchev–Trinajstić information content (AvgIpc) is 2.50. The SMILES string of the molecule is CC12CCC(CC1N)C2(C)CCC(=O)O. The quantitative estimate of drug-likeness (QED) is 0.750. The molecule has 3 N–H and O–H groups in total. The molecule has 3 heteroatoms. The Bertz CT molecular complexity index is 291. The molecule has 0 heterocycles. The molecular formula is C12H21NO2. The summed E-state index contributed by atoms with van der Waals surface area (Å²) < 4.78 is 0. The first-order valence-corrected chi connectivity index (χ1v) is 5.87. The first kappa shape index (κ1) is 10.9. The van der Waals surface area contributed by atoms with Gasteiger partial charge in [-0.15, -0.1) is 0 Å². The Kier molecular flexibility index (Phi) is 2.34. The van der Waals surface area contributed by atoms with Gasteiger partial charge in [-0.05, 0) is 42.4 Å². The van der Waals surface area contributed by atoms with Crippen molar-refractivity contribution in [1.82, 2.24) is 0 Å². The molecule has 2 aliphatic carbocycles. The summed E-state index contributed by atoms with van der Waals surface area (Å²) in [4.78, 5) is 10.7. The van der Waals surface area contributed by atoms with E-state index < -0.39 is 5.97 Å². The van der Waals surface area contributed by atoms with Crippen LogP contribution in [-0.4, -0.2) is 17.1 Å². The Labute approximate surface area is 91.0 Å². The molecule has 4 atom stereocenters. The van der Waals surface area contributed by atoms with Gasteiger partial charge >= 0.3 is 5.97 Å². The summed E-state index contributed by atoms with van der Waals surface area (Å²) in [6.45, 7) is 4.51. The summed E-state index contributed by atoms with van der Waals surface area (Å²) in [7, 11) is 0. The Balaban J connectivity index is 2.17. The fourth-order valence-corrected chi connectivity index (χ4v) is 3.95. The fourth-order valence-electron chi connectivity index (χ4n) is 3.95. The molecule has 0 aromatic carbocycles. The van der Waals surface area contributed by atoms with Gasteiger partial charge in [0.25, 0.3) is 0 Å². The molecular weight excluding hydrogens is 190 g/mol. The maximum atomic E-state index is 10.7. The minimum Gasteiger partial charge on any atom is -0.481 e. The number of fused-ring (bicyclic) bond motifs is 2. The molecule has 0 saturated heterocycles. The second kappa shape index (κ2) is 3.21. The van der Waals surface area contributed by atoms with Crippen molar-refractivity contribution in [3.63, 3.8) is 0 Å². The van der Waals surface area contributed by atoms with E-state index in [0.29, 0.717) is 5.92 Å². The summed E-state index contributed by atoms with van der Waals surface area (Å²) in [5.74, 6) is -0.0310. The molecule has 0 aromatic rings. The smallest absolute Gasteiger partial charge is 0.303 e. The highest BCUT2D eigenvalue weighted by Gasteiger charge is 2.62. The summed E-state index contributed by atoms with van der Waals surface area (Å²) >= 11 is 0. The van der Waals surface area contributed by atoms with Crippen LogP contribution in [0.4, 0.5) is 0 Å². The van der Waals surface area contributed by atoms with E-state index in [1.165, 1.54) is 12.8 Å². The second-order valence-corrected chi connectivity index (χ2v) is 5.81. The molecule has 15 heavy (non-hydrogen) atoms. The zero-order valence-corrected chi connectivity index (χ0v) is 9.62. The van der Waals surface area contributed by atoms with Gasteiger partial charge in [0, 0.05) is 12.5 Å². The molecule has 3 nitrogen and oxygen atoms in total. The van der Waals surface area contributed by atoms with Crippen LogP contribution < -0.4 is 5.73 Å². The lowest BCUT2D eigenvalue weighted by Crippen LogP contribution is -2.42. The third-order valence-electron chi connectivity index (χ3n) is 5.43. The molecule has 0 aliphatic heterocycles. The van der Waals surface area contributed by atoms with Crippen LogP contribution >= 0.6 is 0 Å². The molecule has 0 amide bonds. The van der Waals surface area contributed by atoms with Gasteiger partial charge in [-0.3, -0.25) is 4.79 Å². The van der Waals surface area contributed by atoms with Crippen molar-refractivity contribution in [3.8, 4) is 0 Å². The second-order valence-electron chi connectivity index (χ2n) is 5.81. The van der Waals surface area contributed by atoms with Crippen molar-refractivity contribution < 1.29 is 9.90 Å². The lowest BCUT2D eigenvalue weighted by atomic mass is 9.65. The third-order valence-corrected chi connectivity index (χ3v) is 5.43. The first-order valence-electron chi connectivity index (χ1n) is 5.87. The van der Waals surface area contributed by atoms with E-state index in [1.54, 1.807) is 0 Å². The maximum Gasteiger partial charge on any atom is 0.303 e. The number of carboxylic acids is 1. The maximum absolute atomic E-state index is 10.7.